The van der Waals surface area contributed by atoms with Crippen molar-refractivity contribution in [2.45, 2.75) is 30.8 Å². The lowest BCUT2D eigenvalue weighted by Gasteiger charge is -2.13. The number of fused-ring (bicyclic) bond motifs is 3. The van der Waals surface area contributed by atoms with E-state index in [0.29, 0.717) is 15.7 Å². The van der Waals surface area contributed by atoms with Crippen LogP contribution in [0.25, 0.3) is 15.9 Å². The Labute approximate surface area is 209 Å². The average Bonchev–Trinajstić information content (AvgIpc) is 3.23. The highest BCUT2D eigenvalue weighted by Crippen LogP contribution is 2.35. The van der Waals surface area contributed by atoms with Gasteiger partial charge in [0, 0.05) is 15.5 Å². The van der Waals surface area contributed by atoms with E-state index in [4.69, 9.17) is 16.6 Å². The van der Waals surface area contributed by atoms with Crippen molar-refractivity contribution in [3.63, 3.8) is 0 Å². The van der Waals surface area contributed by atoms with Crippen LogP contribution in [0, 0.1) is 0 Å². The fourth-order valence-electron chi connectivity index (χ4n) is 4.00. The largest absolute Gasteiger partial charge is 0.272 e. The second kappa shape index (κ2) is 10.1. The summed E-state index contributed by atoms with van der Waals surface area (Å²) < 4.78 is 1.62. The molecule has 2 aromatic heterocycles. The smallest absolute Gasteiger partial charge is 0.267 e. The van der Waals surface area contributed by atoms with Crippen molar-refractivity contribution in [1.29, 1.82) is 0 Å². The Balaban J connectivity index is 1.42. The van der Waals surface area contributed by atoms with E-state index in [1.165, 1.54) is 22.9 Å². The van der Waals surface area contributed by atoms with Crippen molar-refractivity contribution in [2.75, 3.05) is 5.75 Å². The summed E-state index contributed by atoms with van der Waals surface area (Å²) in [6.07, 6.45) is 5.65. The summed E-state index contributed by atoms with van der Waals surface area (Å²) in [5.41, 5.74) is 5.04. The molecular formula is C25H21ClN4O2S2. The van der Waals surface area contributed by atoms with Gasteiger partial charge in [-0.15, -0.1) is 11.3 Å². The van der Waals surface area contributed by atoms with E-state index in [-0.39, 0.29) is 17.2 Å². The Morgan fingerprint density at radius 3 is 2.74 bits per heavy atom. The lowest BCUT2D eigenvalue weighted by Crippen LogP contribution is -2.24. The molecule has 2 aromatic carbocycles. The molecule has 0 saturated heterocycles. The topological polar surface area (TPSA) is 76.3 Å². The quantitative estimate of drug-likeness (QED) is 0.168. The molecular weight excluding hydrogens is 488 g/mol. The third-order valence-electron chi connectivity index (χ3n) is 5.60. The molecule has 0 spiro atoms. The molecule has 1 amide bonds. The van der Waals surface area contributed by atoms with Crippen LogP contribution in [0.5, 0.6) is 0 Å². The molecule has 0 unspecified atom stereocenters. The average molecular weight is 509 g/mol. The van der Waals surface area contributed by atoms with Gasteiger partial charge < -0.3 is 0 Å². The van der Waals surface area contributed by atoms with Crippen molar-refractivity contribution < 1.29 is 4.79 Å². The number of hydrazone groups is 1. The third kappa shape index (κ3) is 4.66. The van der Waals surface area contributed by atoms with Gasteiger partial charge >= 0.3 is 0 Å². The first-order valence-corrected chi connectivity index (χ1v) is 13.1. The van der Waals surface area contributed by atoms with Crippen molar-refractivity contribution in [2.24, 2.45) is 5.10 Å². The molecule has 0 saturated carbocycles. The Kier molecular flexibility index (Phi) is 6.80. The summed E-state index contributed by atoms with van der Waals surface area (Å²) in [6.45, 7) is 0. The zero-order chi connectivity index (χ0) is 23.5. The Morgan fingerprint density at radius 2 is 1.91 bits per heavy atom. The van der Waals surface area contributed by atoms with Crippen molar-refractivity contribution in [3.8, 4) is 5.69 Å². The molecule has 1 aliphatic carbocycles. The minimum Gasteiger partial charge on any atom is -0.272 e. The predicted octanol–water partition coefficient (Wildman–Crippen LogP) is 5.22. The number of carbonyl (C=O) groups excluding carboxylic acids is 1. The number of aromatic nitrogens is 2. The van der Waals surface area contributed by atoms with Crippen molar-refractivity contribution in [1.82, 2.24) is 15.0 Å². The van der Waals surface area contributed by atoms with E-state index in [1.54, 1.807) is 22.0 Å². The summed E-state index contributed by atoms with van der Waals surface area (Å²) in [5, 5.41) is 5.77. The summed E-state index contributed by atoms with van der Waals surface area (Å²) in [5.74, 6) is -0.233. The second-order valence-electron chi connectivity index (χ2n) is 7.86. The van der Waals surface area contributed by atoms with Crippen LogP contribution >= 0.6 is 34.7 Å². The molecule has 9 heteroatoms. The zero-order valence-electron chi connectivity index (χ0n) is 18.2. The number of nitrogens with one attached hydrogen (secondary N) is 1. The monoisotopic (exact) mass is 508 g/mol. The number of carbonyl (C=O) groups is 1. The summed E-state index contributed by atoms with van der Waals surface area (Å²) in [6, 6.07) is 16.7. The highest BCUT2D eigenvalue weighted by atomic mass is 35.5. The number of benzene rings is 2. The molecule has 0 atom stereocenters. The first-order chi connectivity index (χ1) is 16.6. The van der Waals surface area contributed by atoms with E-state index in [2.05, 4.69) is 10.5 Å². The lowest BCUT2D eigenvalue weighted by atomic mass is 9.97. The van der Waals surface area contributed by atoms with Gasteiger partial charge in [-0.05, 0) is 49.4 Å². The Morgan fingerprint density at radius 1 is 1.15 bits per heavy atom. The fourth-order valence-corrected chi connectivity index (χ4v) is 6.30. The molecule has 4 aromatic rings. The number of para-hydroxylation sites is 1. The van der Waals surface area contributed by atoms with E-state index in [9.17, 15) is 9.59 Å². The number of aryl methyl sites for hydroxylation is 2. The van der Waals surface area contributed by atoms with Crippen LogP contribution in [0.2, 0.25) is 5.02 Å². The van der Waals surface area contributed by atoms with Gasteiger partial charge in [-0.3, -0.25) is 14.2 Å². The number of amides is 1. The molecule has 1 N–H and O–H groups in total. The van der Waals surface area contributed by atoms with Crippen LogP contribution in [0.3, 0.4) is 0 Å². The number of thioether (sulfide) groups is 1. The molecule has 0 fully saturated rings. The van der Waals surface area contributed by atoms with Gasteiger partial charge in [-0.1, -0.05) is 59.8 Å². The number of rotatable bonds is 6. The van der Waals surface area contributed by atoms with Gasteiger partial charge in [0.25, 0.3) is 11.5 Å². The maximum atomic E-state index is 13.7. The summed E-state index contributed by atoms with van der Waals surface area (Å²) in [4.78, 5) is 33.0. The van der Waals surface area contributed by atoms with Crippen LogP contribution in [0.1, 0.15) is 28.8 Å². The first-order valence-electron chi connectivity index (χ1n) is 10.9. The van der Waals surface area contributed by atoms with Crippen LogP contribution in [0.15, 0.2) is 69.6 Å². The summed E-state index contributed by atoms with van der Waals surface area (Å²) >= 11 is 8.93. The van der Waals surface area contributed by atoms with E-state index in [0.717, 1.165) is 47.2 Å². The Hall–Kier alpha value is -2.94. The number of halogens is 1. The van der Waals surface area contributed by atoms with Crippen molar-refractivity contribution in [3.05, 3.63) is 86.0 Å². The van der Waals surface area contributed by atoms with Crippen LogP contribution in [-0.2, 0) is 17.6 Å². The van der Waals surface area contributed by atoms with Gasteiger partial charge in [0.2, 0.25) is 0 Å². The molecule has 172 valence electrons. The minimum absolute atomic E-state index is 0.0652. The number of thiophene rings is 1. The number of hydrogen-bond donors (Lipinski definition) is 1. The SMILES string of the molecule is O=C(CSc1nc2sc3c(c2c(=O)n1-c1ccccc1)CCCC3)N/N=C/c1ccccc1Cl. The van der Waals surface area contributed by atoms with Crippen LogP contribution in [-0.4, -0.2) is 27.4 Å². The molecule has 0 aliphatic heterocycles. The van der Waals surface area contributed by atoms with Gasteiger partial charge in [-0.25, -0.2) is 10.4 Å². The van der Waals surface area contributed by atoms with Gasteiger partial charge in [-0.2, -0.15) is 5.10 Å². The highest BCUT2D eigenvalue weighted by Gasteiger charge is 2.23. The fraction of sp³-hybridized carbons (Fsp3) is 0.200. The van der Waals surface area contributed by atoms with E-state index < -0.39 is 0 Å². The molecule has 0 bridgehead atoms. The second-order valence-corrected chi connectivity index (χ2v) is 10.3. The maximum absolute atomic E-state index is 13.7. The van der Waals surface area contributed by atoms with Gasteiger partial charge in [0.1, 0.15) is 4.83 Å². The maximum Gasteiger partial charge on any atom is 0.267 e. The molecule has 5 rings (SSSR count). The first kappa shape index (κ1) is 22.8. The standard InChI is InChI=1S/C25H21ClN4O2S2/c26-19-12-6-4-8-16(19)14-27-29-21(31)15-33-25-28-23-22(18-11-5-7-13-20(18)34-23)24(32)30(25)17-9-2-1-3-10-17/h1-4,6,8-10,12,14H,5,7,11,13,15H2,(H,29,31)/b27-14+. The molecule has 1 aliphatic rings. The third-order valence-corrected chi connectivity index (χ3v) is 8.07. The van der Waals surface area contributed by atoms with E-state index in [1.807, 2.05) is 48.5 Å². The molecule has 34 heavy (non-hydrogen) atoms. The van der Waals surface area contributed by atoms with Crippen LogP contribution in [0.4, 0.5) is 0 Å². The normalized spacial score (nSPS) is 13.3. The van der Waals surface area contributed by atoms with Gasteiger partial charge in [0.15, 0.2) is 5.16 Å². The number of nitrogens with zero attached hydrogens (tertiary/aromatic N) is 3. The molecule has 6 nitrogen and oxygen atoms in total. The molecule has 0 radical (unpaired) electrons. The van der Waals surface area contributed by atoms with Crippen LogP contribution < -0.4 is 11.0 Å². The Bertz CT molecular complexity index is 1450. The van der Waals surface area contributed by atoms with E-state index >= 15 is 0 Å². The minimum atomic E-state index is -0.298. The predicted molar refractivity (Wildman–Crippen MR) is 140 cm³/mol. The molecule has 2 heterocycles. The van der Waals surface area contributed by atoms with Gasteiger partial charge in [0.05, 0.1) is 23.0 Å². The lowest BCUT2D eigenvalue weighted by molar-refractivity contribution is -0.118. The van der Waals surface area contributed by atoms with Crippen molar-refractivity contribution >= 4 is 57.0 Å². The highest BCUT2D eigenvalue weighted by molar-refractivity contribution is 7.99. The zero-order valence-corrected chi connectivity index (χ0v) is 20.6. The number of hydrogen-bond acceptors (Lipinski definition) is 6. The summed E-state index contributed by atoms with van der Waals surface area (Å²) in [7, 11) is 0.